The predicted molar refractivity (Wildman–Crippen MR) is 127 cm³/mol. The highest BCUT2D eigenvalue weighted by atomic mass is 19.1. The van der Waals surface area contributed by atoms with Crippen LogP contribution in [0.1, 0.15) is 11.3 Å². The summed E-state index contributed by atoms with van der Waals surface area (Å²) in [5, 5.41) is 11.5. The van der Waals surface area contributed by atoms with E-state index in [1.807, 2.05) is 36.4 Å². The van der Waals surface area contributed by atoms with E-state index >= 15 is 0 Å². The van der Waals surface area contributed by atoms with E-state index in [1.165, 1.54) is 12.1 Å². The Kier molecular flexibility index (Phi) is 4.99. The Morgan fingerprint density at radius 2 is 1.79 bits per heavy atom. The Hall–Kier alpha value is -4.53. The molecule has 9 heteroatoms. The first kappa shape index (κ1) is 20.1. The smallest absolute Gasteiger partial charge is 0.138 e. The zero-order valence-electron chi connectivity index (χ0n) is 18.1. The van der Waals surface area contributed by atoms with Gasteiger partial charge in [-0.2, -0.15) is 0 Å². The highest BCUT2D eigenvalue weighted by Gasteiger charge is 2.11. The molecule has 0 unspecified atom stereocenters. The summed E-state index contributed by atoms with van der Waals surface area (Å²) in [5.41, 5.74) is 5.29. The maximum atomic E-state index is 13.1. The minimum atomic E-state index is -0.292. The lowest BCUT2D eigenvalue weighted by atomic mass is 10.2. The van der Waals surface area contributed by atoms with Gasteiger partial charge in [-0.1, -0.05) is 5.21 Å². The lowest BCUT2D eigenvalue weighted by Crippen LogP contribution is -2.19. The molecular weight excluding hydrogens is 433 g/mol. The number of amidine groups is 1. The van der Waals surface area contributed by atoms with Crippen LogP contribution in [0.2, 0.25) is 0 Å². The molecule has 3 aromatic carbocycles. The summed E-state index contributed by atoms with van der Waals surface area (Å²) in [5.74, 6) is 2.14. The van der Waals surface area contributed by atoms with Crippen molar-refractivity contribution in [1.29, 1.82) is 0 Å². The number of aromatic amines is 1. The molecule has 168 valence electrons. The Morgan fingerprint density at radius 1 is 0.971 bits per heavy atom. The number of benzene rings is 3. The number of fused-ring (bicyclic) bond motifs is 1. The molecule has 0 atom stereocenters. The number of halogens is 1. The molecule has 0 bridgehead atoms. The molecule has 3 heterocycles. The van der Waals surface area contributed by atoms with Gasteiger partial charge >= 0.3 is 0 Å². The number of nitrogens with one attached hydrogen (secondary N) is 2. The van der Waals surface area contributed by atoms with Crippen LogP contribution in [-0.4, -0.2) is 43.9 Å². The van der Waals surface area contributed by atoms with Gasteiger partial charge < -0.3 is 15.0 Å². The number of nitrogens with zero attached hydrogens (tertiary/aromatic N) is 5. The molecule has 2 aromatic heterocycles. The van der Waals surface area contributed by atoms with E-state index in [1.54, 1.807) is 23.0 Å². The van der Waals surface area contributed by atoms with Crippen molar-refractivity contribution >= 4 is 16.9 Å². The minimum absolute atomic E-state index is 0.270. The maximum absolute atomic E-state index is 13.1. The van der Waals surface area contributed by atoms with Crippen LogP contribution in [0, 0.1) is 5.82 Å². The first-order chi connectivity index (χ1) is 16.7. The van der Waals surface area contributed by atoms with Gasteiger partial charge in [0.05, 0.1) is 29.5 Å². The lowest BCUT2D eigenvalue weighted by molar-refractivity contribution is 0.301. The third-order valence-electron chi connectivity index (χ3n) is 5.58. The van der Waals surface area contributed by atoms with Crippen molar-refractivity contribution in [1.82, 2.24) is 30.3 Å². The van der Waals surface area contributed by atoms with Gasteiger partial charge in [0.25, 0.3) is 0 Å². The van der Waals surface area contributed by atoms with E-state index in [2.05, 4.69) is 31.7 Å². The summed E-state index contributed by atoms with van der Waals surface area (Å²) in [6.45, 7) is 1.96. The van der Waals surface area contributed by atoms with Crippen molar-refractivity contribution in [2.24, 2.45) is 4.99 Å². The van der Waals surface area contributed by atoms with Gasteiger partial charge in [-0.3, -0.25) is 4.99 Å². The summed E-state index contributed by atoms with van der Waals surface area (Å²) < 4.78 is 20.5. The zero-order chi connectivity index (χ0) is 22.9. The first-order valence-electron chi connectivity index (χ1n) is 10.9. The van der Waals surface area contributed by atoms with Crippen LogP contribution in [0.5, 0.6) is 5.75 Å². The van der Waals surface area contributed by atoms with E-state index in [9.17, 15) is 4.39 Å². The molecule has 0 saturated heterocycles. The third kappa shape index (κ3) is 3.99. The number of rotatable bonds is 6. The number of aromatic nitrogens is 5. The molecule has 0 amide bonds. The molecule has 0 radical (unpaired) electrons. The zero-order valence-corrected chi connectivity index (χ0v) is 18.1. The first-order valence-corrected chi connectivity index (χ1v) is 10.9. The standard InChI is InChI=1S/C25H20FN7O/c26-18-4-6-20(7-5-18)33-14-19(31-32-33)15-34-21-8-1-16(2-9-21)25-29-22-10-3-17(13-23(22)30-25)24-27-11-12-28-24/h1-10,13-14H,11-12,15H2,(H,27,28)(H,29,30). The number of H-pyrrole nitrogens is 1. The second-order valence-corrected chi connectivity index (χ2v) is 7.92. The second-order valence-electron chi connectivity index (χ2n) is 7.92. The van der Waals surface area contributed by atoms with Crippen LogP contribution < -0.4 is 10.1 Å². The van der Waals surface area contributed by atoms with E-state index in [0.29, 0.717) is 11.4 Å². The topological polar surface area (TPSA) is 93.0 Å². The summed E-state index contributed by atoms with van der Waals surface area (Å²) in [7, 11) is 0. The van der Waals surface area contributed by atoms with Gasteiger partial charge in [0, 0.05) is 17.7 Å². The van der Waals surface area contributed by atoms with Crippen molar-refractivity contribution in [3.63, 3.8) is 0 Å². The Labute approximate surface area is 194 Å². The number of aliphatic imine (C=N–C) groups is 1. The quantitative estimate of drug-likeness (QED) is 0.407. The average Bonchev–Trinajstić information content (AvgIpc) is 3.64. The van der Waals surface area contributed by atoms with E-state index in [0.717, 1.165) is 52.6 Å². The predicted octanol–water partition coefficient (Wildman–Crippen LogP) is 3.88. The average molecular weight is 453 g/mol. The summed E-state index contributed by atoms with van der Waals surface area (Å²) in [6.07, 6.45) is 1.76. The molecule has 0 spiro atoms. The number of hydrogen-bond donors (Lipinski definition) is 2. The normalized spacial score (nSPS) is 13.1. The number of imidazole rings is 1. The Bertz CT molecular complexity index is 1490. The van der Waals surface area contributed by atoms with Crippen LogP contribution >= 0.6 is 0 Å². The van der Waals surface area contributed by atoms with Crippen LogP contribution in [0.4, 0.5) is 4.39 Å². The lowest BCUT2D eigenvalue weighted by Gasteiger charge is -2.04. The third-order valence-corrected chi connectivity index (χ3v) is 5.58. The van der Waals surface area contributed by atoms with Gasteiger partial charge in [0.2, 0.25) is 0 Å². The van der Waals surface area contributed by atoms with E-state index < -0.39 is 0 Å². The molecular formula is C25H20FN7O. The SMILES string of the molecule is Fc1ccc(-n2cc(COc3ccc(-c4nc5ccc(C6=NCCN6)cc5[nH]4)cc3)nn2)cc1. The summed E-state index contributed by atoms with van der Waals surface area (Å²) >= 11 is 0. The van der Waals surface area contributed by atoms with E-state index in [4.69, 9.17) is 9.72 Å². The molecule has 1 aliphatic heterocycles. The molecule has 5 aromatic rings. The van der Waals surface area contributed by atoms with Gasteiger partial charge in [-0.05, 0) is 66.7 Å². The van der Waals surface area contributed by atoms with Gasteiger partial charge in [-0.15, -0.1) is 5.10 Å². The summed E-state index contributed by atoms with van der Waals surface area (Å²) in [6, 6.07) is 19.9. The number of ether oxygens (including phenoxy) is 1. The highest BCUT2D eigenvalue weighted by molar-refractivity contribution is 6.02. The van der Waals surface area contributed by atoms with Crippen molar-refractivity contribution in [3.05, 3.63) is 90.0 Å². The van der Waals surface area contributed by atoms with Crippen LogP contribution in [0.15, 0.2) is 77.9 Å². The fraction of sp³-hybridized carbons (Fsp3) is 0.120. The van der Waals surface area contributed by atoms with Crippen LogP contribution in [0.3, 0.4) is 0 Å². The van der Waals surface area contributed by atoms with Gasteiger partial charge in [-0.25, -0.2) is 14.1 Å². The van der Waals surface area contributed by atoms with Crippen molar-refractivity contribution in [2.45, 2.75) is 6.61 Å². The fourth-order valence-electron chi connectivity index (χ4n) is 3.84. The monoisotopic (exact) mass is 453 g/mol. The van der Waals surface area contributed by atoms with Gasteiger partial charge in [0.1, 0.15) is 35.5 Å². The van der Waals surface area contributed by atoms with Crippen LogP contribution in [-0.2, 0) is 6.61 Å². The molecule has 1 aliphatic rings. The second kappa shape index (κ2) is 8.43. The minimum Gasteiger partial charge on any atom is -0.487 e. The van der Waals surface area contributed by atoms with Crippen molar-refractivity contribution in [2.75, 3.05) is 13.1 Å². The van der Waals surface area contributed by atoms with Gasteiger partial charge in [0.15, 0.2) is 0 Å². The molecule has 0 saturated carbocycles. The Morgan fingerprint density at radius 3 is 2.59 bits per heavy atom. The molecule has 8 nitrogen and oxygen atoms in total. The van der Waals surface area contributed by atoms with E-state index in [-0.39, 0.29) is 12.4 Å². The number of hydrogen-bond acceptors (Lipinski definition) is 6. The fourth-order valence-corrected chi connectivity index (χ4v) is 3.84. The molecule has 2 N–H and O–H groups in total. The van der Waals surface area contributed by atoms with Crippen LogP contribution in [0.25, 0.3) is 28.1 Å². The summed E-state index contributed by atoms with van der Waals surface area (Å²) in [4.78, 5) is 12.6. The molecule has 6 rings (SSSR count). The maximum Gasteiger partial charge on any atom is 0.138 e. The van der Waals surface area contributed by atoms with Crippen molar-refractivity contribution in [3.8, 4) is 22.8 Å². The highest BCUT2D eigenvalue weighted by Crippen LogP contribution is 2.24. The largest absolute Gasteiger partial charge is 0.487 e. The Balaban J connectivity index is 1.13. The molecule has 34 heavy (non-hydrogen) atoms. The van der Waals surface area contributed by atoms with Crippen molar-refractivity contribution < 1.29 is 9.13 Å². The molecule has 0 aliphatic carbocycles. The molecule has 0 fully saturated rings.